The van der Waals surface area contributed by atoms with Crippen molar-refractivity contribution in [1.29, 1.82) is 0 Å². The van der Waals surface area contributed by atoms with Gasteiger partial charge < -0.3 is 24.5 Å². The maximum atomic E-state index is 13.4. The number of aromatic nitrogens is 1. The molecule has 35 heavy (non-hydrogen) atoms. The van der Waals surface area contributed by atoms with E-state index in [2.05, 4.69) is 4.98 Å². The van der Waals surface area contributed by atoms with Gasteiger partial charge in [-0.15, -0.1) is 11.3 Å². The Bertz CT molecular complexity index is 1420. The fourth-order valence-corrected chi connectivity index (χ4v) is 5.20. The Morgan fingerprint density at radius 3 is 2.51 bits per heavy atom. The number of Topliss-reactive ketones (excluding diaryl/α,β-unsaturated/α-hetero) is 1. The Morgan fingerprint density at radius 2 is 1.83 bits per heavy atom. The predicted molar refractivity (Wildman–Crippen MR) is 134 cm³/mol. The fraction of sp³-hybridized carbons (Fsp3) is 0.185. The number of nitrogens with one attached hydrogen (secondary N) is 1. The quantitative estimate of drug-likeness (QED) is 0.338. The van der Waals surface area contributed by atoms with Crippen LogP contribution >= 0.6 is 11.3 Å². The Balaban J connectivity index is 1.50. The van der Waals surface area contributed by atoms with E-state index in [0.717, 1.165) is 27.8 Å². The Labute approximate surface area is 206 Å². The molecule has 3 heterocycles. The van der Waals surface area contributed by atoms with Gasteiger partial charge in [0.1, 0.15) is 11.5 Å². The number of hydrogen-bond acceptors (Lipinski definition) is 6. The molecule has 1 aliphatic heterocycles. The second kappa shape index (κ2) is 9.31. The standard InChI is InChI=1S/C27H24N2O5S/c1-33-18-7-5-16(6-8-18)24-23(25(30)22-4-3-13-35-22)26(31)27(32)29(24)12-11-17-15-28-21-10-9-19(34-2)14-20(17)21/h3-10,13-15,24,28,31H,11-12H2,1-2H3/t24-/m1/s1. The zero-order valence-electron chi connectivity index (χ0n) is 19.3. The van der Waals surface area contributed by atoms with E-state index in [1.54, 1.807) is 48.8 Å². The van der Waals surface area contributed by atoms with E-state index in [1.807, 2.05) is 36.5 Å². The predicted octanol–water partition coefficient (Wildman–Crippen LogP) is 5.07. The van der Waals surface area contributed by atoms with Crippen LogP contribution in [-0.2, 0) is 11.2 Å². The van der Waals surface area contributed by atoms with E-state index in [0.29, 0.717) is 23.6 Å². The molecule has 0 saturated carbocycles. The van der Waals surface area contributed by atoms with Crippen LogP contribution in [0.3, 0.4) is 0 Å². The van der Waals surface area contributed by atoms with Crippen LogP contribution in [0.4, 0.5) is 0 Å². The van der Waals surface area contributed by atoms with Crippen molar-refractivity contribution in [2.24, 2.45) is 0 Å². The SMILES string of the molecule is COc1ccc([C@@H]2C(C(=O)c3cccs3)=C(O)C(=O)N2CCc2c[nH]c3ccc(OC)cc23)cc1. The van der Waals surface area contributed by atoms with E-state index >= 15 is 0 Å². The molecule has 2 aromatic carbocycles. The minimum atomic E-state index is -0.706. The minimum Gasteiger partial charge on any atom is -0.503 e. The second-order valence-electron chi connectivity index (χ2n) is 8.22. The number of hydrogen-bond donors (Lipinski definition) is 2. The van der Waals surface area contributed by atoms with E-state index in [1.165, 1.54) is 11.3 Å². The van der Waals surface area contributed by atoms with Crippen LogP contribution in [0.25, 0.3) is 10.9 Å². The highest BCUT2D eigenvalue weighted by Crippen LogP contribution is 2.40. The summed E-state index contributed by atoms with van der Waals surface area (Å²) in [6.07, 6.45) is 2.44. The van der Waals surface area contributed by atoms with Gasteiger partial charge in [-0.1, -0.05) is 18.2 Å². The van der Waals surface area contributed by atoms with Gasteiger partial charge in [-0.2, -0.15) is 0 Å². The number of fused-ring (bicyclic) bond motifs is 1. The number of ketones is 1. The summed E-state index contributed by atoms with van der Waals surface area (Å²) in [6.45, 7) is 0.310. The van der Waals surface area contributed by atoms with Crippen molar-refractivity contribution in [2.75, 3.05) is 20.8 Å². The number of carbonyl (C=O) groups is 2. The molecule has 2 aromatic heterocycles. The van der Waals surface area contributed by atoms with Crippen molar-refractivity contribution in [1.82, 2.24) is 9.88 Å². The summed E-state index contributed by atoms with van der Waals surface area (Å²) in [5.41, 5.74) is 2.81. The molecule has 0 fully saturated rings. The highest BCUT2D eigenvalue weighted by Gasteiger charge is 2.43. The van der Waals surface area contributed by atoms with Crippen molar-refractivity contribution < 1.29 is 24.2 Å². The molecule has 0 bridgehead atoms. The molecule has 7 nitrogen and oxygen atoms in total. The molecule has 4 aromatic rings. The summed E-state index contributed by atoms with van der Waals surface area (Å²) in [6, 6.07) is 15.8. The van der Waals surface area contributed by atoms with Gasteiger partial charge in [0.25, 0.3) is 5.91 Å². The normalized spacial score (nSPS) is 15.8. The lowest BCUT2D eigenvalue weighted by molar-refractivity contribution is -0.129. The maximum Gasteiger partial charge on any atom is 0.290 e. The molecular weight excluding hydrogens is 464 g/mol. The van der Waals surface area contributed by atoms with Gasteiger partial charge in [0, 0.05) is 23.6 Å². The van der Waals surface area contributed by atoms with Crippen molar-refractivity contribution >= 4 is 33.9 Å². The van der Waals surface area contributed by atoms with Crippen LogP contribution in [0.1, 0.15) is 26.8 Å². The van der Waals surface area contributed by atoms with Gasteiger partial charge in [-0.25, -0.2) is 0 Å². The number of aliphatic hydroxyl groups is 1. The molecule has 0 unspecified atom stereocenters. The summed E-state index contributed by atoms with van der Waals surface area (Å²) in [5.74, 6) is 0.0190. The molecule has 1 atom stereocenters. The van der Waals surface area contributed by atoms with E-state index in [-0.39, 0.29) is 11.4 Å². The van der Waals surface area contributed by atoms with Gasteiger partial charge in [0.05, 0.1) is 30.7 Å². The first-order valence-corrected chi connectivity index (χ1v) is 12.0. The number of benzene rings is 2. The van der Waals surface area contributed by atoms with Gasteiger partial charge >= 0.3 is 0 Å². The first-order chi connectivity index (χ1) is 17.0. The number of methoxy groups -OCH3 is 2. The molecule has 8 heteroatoms. The van der Waals surface area contributed by atoms with Crippen LogP contribution in [0.2, 0.25) is 0 Å². The third-order valence-electron chi connectivity index (χ3n) is 6.32. The number of carbonyl (C=O) groups excluding carboxylic acids is 2. The van der Waals surface area contributed by atoms with Crippen molar-refractivity contribution in [3.05, 3.63) is 93.5 Å². The smallest absolute Gasteiger partial charge is 0.290 e. The Kier molecular flexibility index (Phi) is 6.05. The summed E-state index contributed by atoms with van der Waals surface area (Å²) >= 11 is 1.28. The first-order valence-electron chi connectivity index (χ1n) is 11.1. The summed E-state index contributed by atoms with van der Waals surface area (Å²) in [7, 11) is 3.20. The van der Waals surface area contributed by atoms with Gasteiger partial charge in [0.2, 0.25) is 5.78 Å². The molecule has 0 saturated heterocycles. The molecule has 1 amide bonds. The second-order valence-corrected chi connectivity index (χ2v) is 9.17. The number of rotatable bonds is 8. The lowest BCUT2D eigenvalue weighted by Gasteiger charge is -2.27. The van der Waals surface area contributed by atoms with Gasteiger partial charge in [-0.3, -0.25) is 9.59 Å². The topological polar surface area (TPSA) is 91.9 Å². The molecule has 178 valence electrons. The molecule has 0 spiro atoms. The van der Waals surface area contributed by atoms with Crippen LogP contribution in [0.15, 0.2) is 77.5 Å². The summed E-state index contributed by atoms with van der Waals surface area (Å²) in [4.78, 5) is 31.9. The molecule has 5 rings (SSSR count). The highest BCUT2D eigenvalue weighted by atomic mass is 32.1. The van der Waals surface area contributed by atoms with Crippen molar-refractivity contribution in [3.63, 3.8) is 0 Å². The first kappa shape index (κ1) is 22.7. The summed E-state index contributed by atoms with van der Waals surface area (Å²) in [5, 5.41) is 13.7. The van der Waals surface area contributed by atoms with Crippen molar-refractivity contribution in [3.8, 4) is 11.5 Å². The van der Waals surface area contributed by atoms with E-state index in [9.17, 15) is 14.7 Å². The summed E-state index contributed by atoms with van der Waals surface area (Å²) < 4.78 is 10.6. The maximum absolute atomic E-state index is 13.4. The lowest BCUT2D eigenvalue weighted by Crippen LogP contribution is -2.33. The average Bonchev–Trinajstić information content (AvgIpc) is 3.62. The average molecular weight is 489 g/mol. The minimum absolute atomic E-state index is 0.100. The number of aliphatic hydroxyl groups excluding tert-OH is 1. The largest absolute Gasteiger partial charge is 0.503 e. The Hall–Kier alpha value is -4.04. The van der Waals surface area contributed by atoms with Crippen LogP contribution in [0, 0.1) is 0 Å². The fourth-order valence-electron chi connectivity index (χ4n) is 4.52. The molecule has 2 N–H and O–H groups in total. The molecule has 0 aliphatic carbocycles. The number of amides is 1. The van der Waals surface area contributed by atoms with Gasteiger partial charge in [-0.05, 0) is 59.3 Å². The monoisotopic (exact) mass is 488 g/mol. The third kappa shape index (κ3) is 4.06. The number of nitrogens with zero attached hydrogens (tertiary/aromatic N) is 1. The van der Waals surface area contributed by atoms with Crippen molar-refractivity contribution in [2.45, 2.75) is 12.5 Å². The molecule has 1 aliphatic rings. The lowest BCUT2D eigenvalue weighted by atomic mass is 9.95. The highest BCUT2D eigenvalue weighted by molar-refractivity contribution is 7.12. The third-order valence-corrected chi connectivity index (χ3v) is 7.19. The molecule has 0 radical (unpaired) electrons. The molecular formula is C27H24N2O5S. The van der Waals surface area contributed by atoms with Gasteiger partial charge in [0.15, 0.2) is 5.76 Å². The zero-order valence-corrected chi connectivity index (χ0v) is 20.1. The number of aromatic amines is 1. The number of H-pyrrole nitrogens is 1. The number of ether oxygens (including phenoxy) is 2. The van der Waals surface area contributed by atoms with Crippen LogP contribution in [-0.4, -0.2) is 47.4 Å². The van der Waals surface area contributed by atoms with Crippen LogP contribution < -0.4 is 9.47 Å². The van der Waals surface area contributed by atoms with E-state index in [4.69, 9.17) is 9.47 Å². The Morgan fingerprint density at radius 1 is 1.09 bits per heavy atom. The van der Waals surface area contributed by atoms with E-state index < -0.39 is 17.7 Å². The number of thiophene rings is 1. The van der Waals surface area contributed by atoms with Crippen LogP contribution in [0.5, 0.6) is 11.5 Å². The zero-order chi connectivity index (χ0) is 24.5.